The molecule has 0 aliphatic rings. The van der Waals surface area contributed by atoms with E-state index in [-0.39, 0.29) is 0 Å². The summed E-state index contributed by atoms with van der Waals surface area (Å²) in [4.78, 5) is 0. The summed E-state index contributed by atoms with van der Waals surface area (Å²) in [5.41, 5.74) is 1.44. The Morgan fingerprint density at radius 2 is 1.80 bits per heavy atom. The molecule has 0 aliphatic heterocycles. The van der Waals surface area contributed by atoms with E-state index < -0.39 is 0 Å². The van der Waals surface area contributed by atoms with E-state index in [2.05, 4.69) is 73.2 Å². The molecule has 1 aromatic rings. The van der Waals surface area contributed by atoms with E-state index in [1.165, 1.54) is 22.9 Å². The minimum Gasteiger partial charge on any atom is -0.316 e. The molecule has 2 heteroatoms. The first-order valence-electron chi connectivity index (χ1n) is 7.98. The third-order valence-electron chi connectivity index (χ3n) is 3.95. The molecule has 0 saturated carbocycles. The fourth-order valence-corrected chi connectivity index (χ4v) is 3.12. The van der Waals surface area contributed by atoms with Gasteiger partial charge in [0.05, 0.1) is 0 Å². The normalized spacial score (nSPS) is 14.5. The van der Waals surface area contributed by atoms with Gasteiger partial charge in [0.1, 0.15) is 0 Å². The van der Waals surface area contributed by atoms with Crippen molar-refractivity contribution < 1.29 is 0 Å². The van der Waals surface area contributed by atoms with Crippen LogP contribution in [-0.2, 0) is 6.42 Å². The van der Waals surface area contributed by atoms with Gasteiger partial charge in [0.15, 0.2) is 0 Å². The number of benzene rings is 1. The summed E-state index contributed by atoms with van der Waals surface area (Å²) in [5.74, 6) is 2.21. The Bertz CT molecular complexity index is 375. The SMILES string of the molecule is CCCC(C)C(CNCC(C)C)Cc1ccccc1Br. The lowest BCUT2D eigenvalue weighted by atomic mass is 9.85. The van der Waals surface area contributed by atoms with Crippen LogP contribution in [0.25, 0.3) is 0 Å². The zero-order valence-corrected chi connectivity index (χ0v) is 15.0. The summed E-state index contributed by atoms with van der Waals surface area (Å²) in [5, 5.41) is 3.65. The maximum Gasteiger partial charge on any atom is 0.0207 e. The number of hydrogen-bond donors (Lipinski definition) is 1. The summed E-state index contributed by atoms with van der Waals surface area (Å²) < 4.78 is 1.25. The van der Waals surface area contributed by atoms with Crippen molar-refractivity contribution >= 4 is 15.9 Å². The van der Waals surface area contributed by atoms with Crippen molar-refractivity contribution in [1.29, 1.82) is 0 Å². The summed E-state index contributed by atoms with van der Waals surface area (Å²) >= 11 is 3.68. The lowest BCUT2D eigenvalue weighted by Crippen LogP contribution is -2.31. The molecule has 114 valence electrons. The second-order valence-electron chi connectivity index (χ2n) is 6.37. The van der Waals surface area contributed by atoms with E-state index in [1.807, 2.05) is 0 Å². The first-order valence-corrected chi connectivity index (χ1v) is 8.78. The van der Waals surface area contributed by atoms with Gasteiger partial charge < -0.3 is 5.32 Å². The first-order chi connectivity index (χ1) is 9.54. The van der Waals surface area contributed by atoms with Gasteiger partial charge in [0.25, 0.3) is 0 Å². The number of rotatable bonds is 9. The smallest absolute Gasteiger partial charge is 0.0207 e. The minimum absolute atomic E-state index is 0.715. The molecule has 0 amide bonds. The molecule has 2 atom stereocenters. The Morgan fingerprint density at radius 3 is 2.40 bits per heavy atom. The minimum atomic E-state index is 0.715. The van der Waals surface area contributed by atoms with Crippen molar-refractivity contribution in [3.8, 4) is 0 Å². The molecule has 0 bridgehead atoms. The van der Waals surface area contributed by atoms with Crippen LogP contribution in [0.3, 0.4) is 0 Å². The number of nitrogens with one attached hydrogen (secondary N) is 1. The average molecular weight is 340 g/mol. The molecular weight excluding hydrogens is 310 g/mol. The van der Waals surface area contributed by atoms with Crippen LogP contribution in [0.5, 0.6) is 0 Å². The Balaban J connectivity index is 2.64. The van der Waals surface area contributed by atoms with Crippen molar-refractivity contribution in [2.75, 3.05) is 13.1 Å². The summed E-state index contributed by atoms with van der Waals surface area (Å²) in [6.07, 6.45) is 3.75. The highest BCUT2D eigenvalue weighted by Gasteiger charge is 2.18. The van der Waals surface area contributed by atoms with Gasteiger partial charge in [-0.05, 0) is 48.9 Å². The number of halogens is 1. The first kappa shape index (κ1) is 17.7. The fourth-order valence-electron chi connectivity index (χ4n) is 2.67. The fraction of sp³-hybridized carbons (Fsp3) is 0.667. The van der Waals surface area contributed by atoms with Gasteiger partial charge in [-0.15, -0.1) is 0 Å². The highest BCUT2D eigenvalue weighted by atomic mass is 79.9. The van der Waals surface area contributed by atoms with E-state index in [9.17, 15) is 0 Å². The van der Waals surface area contributed by atoms with Crippen LogP contribution in [0.15, 0.2) is 28.7 Å². The largest absolute Gasteiger partial charge is 0.316 e. The summed E-state index contributed by atoms with van der Waals surface area (Å²) in [7, 11) is 0. The van der Waals surface area contributed by atoms with Gasteiger partial charge in [-0.1, -0.05) is 74.7 Å². The molecule has 1 aromatic carbocycles. The highest BCUT2D eigenvalue weighted by Crippen LogP contribution is 2.25. The van der Waals surface area contributed by atoms with Crippen molar-refractivity contribution in [3.63, 3.8) is 0 Å². The van der Waals surface area contributed by atoms with Crippen LogP contribution >= 0.6 is 15.9 Å². The second kappa shape index (κ2) is 9.57. The van der Waals surface area contributed by atoms with Crippen LogP contribution < -0.4 is 5.32 Å². The van der Waals surface area contributed by atoms with Gasteiger partial charge in [-0.25, -0.2) is 0 Å². The summed E-state index contributed by atoms with van der Waals surface area (Å²) in [6, 6.07) is 8.63. The maximum absolute atomic E-state index is 3.68. The van der Waals surface area contributed by atoms with Crippen molar-refractivity contribution in [2.45, 2.75) is 47.0 Å². The molecule has 0 aromatic heterocycles. The van der Waals surface area contributed by atoms with Crippen LogP contribution in [0, 0.1) is 17.8 Å². The zero-order valence-electron chi connectivity index (χ0n) is 13.5. The van der Waals surface area contributed by atoms with Crippen LogP contribution in [-0.4, -0.2) is 13.1 Å². The van der Waals surface area contributed by atoms with Crippen molar-refractivity contribution in [1.82, 2.24) is 5.32 Å². The molecule has 0 radical (unpaired) electrons. The molecule has 0 heterocycles. The topological polar surface area (TPSA) is 12.0 Å². The Morgan fingerprint density at radius 1 is 1.10 bits per heavy atom. The third-order valence-corrected chi connectivity index (χ3v) is 4.72. The molecule has 0 fully saturated rings. The van der Waals surface area contributed by atoms with Gasteiger partial charge in [-0.3, -0.25) is 0 Å². The Hall–Kier alpha value is -0.340. The van der Waals surface area contributed by atoms with Crippen LogP contribution in [0.2, 0.25) is 0 Å². The average Bonchev–Trinajstić information content (AvgIpc) is 2.39. The predicted octanol–water partition coefficient (Wildman–Crippen LogP) is 5.29. The Labute approximate surface area is 133 Å². The van der Waals surface area contributed by atoms with Gasteiger partial charge >= 0.3 is 0 Å². The van der Waals surface area contributed by atoms with E-state index in [4.69, 9.17) is 0 Å². The zero-order chi connectivity index (χ0) is 15.0. The molecule has 20 heavy (non-hydrogen) atoms. The van der Waals surface area contributed by atoms with E-state index >= 15 is 0 Å². The third kappa shape index (κ3) is 6.41. The molecular formula is C18H30BrN. The molecule has 0 aliphatic carbocycles. The Kier molecular flexibility index (Phi) is 8.47. The number of hydrogen-bond acceptors (Lipinski definition) is 1. The van der Waals surface area contributed by atoms with Gasteiger partial charge in [0.2, 0.25) is 0 Å². The quantitative estimate of drug-likeness (QED) is 0.644. The molecule has 0 saturated heterocycles. The van der Waals surface area contributed by atoms with Crippen molar-refractivity contribution in [2.24, 2.45) is 17.8 Å². The molecule has 1 nitrogen and oxygen atoms in total. The van der Waals surface area contributed by atoms with E-state index in [0.29, 0.717) is 5.92 Å². The highest BCUT2D eigenvalue weighted by molar-refractivity contribution is 9.10. The standard InChI is InChI=1S/C18H30BrN/c1-5-8-15(4)17(13-20-12-14(2)3)11-16-9-6-7-10-18(16)19/h6-7,9-10,14-15,17,20H,5,8,11-13H2,1-4H3. The van der Waals surface area contributed by atoms with Gasteiger partial charge in [0, 0.05) is 4.47 Å². The molecule has 2 unspecified atom stereocenters. The monoisotopic (exact) mass is 339 g/mol. The van der Waals surface area contributed by atoms with Crippen LogP contribution in [0.4, 0.5) is 0 Å². The molecule has 1 N–H and O–H groups in total. The predicted molar refractivity (Wildman–Crippen MR) is 93.1 cm³/mol. The lowest BCUT2D eigenvalue weighted by Gasteiger charge is -2.25. The second-order valence-corrected chi connectivity index (χ2v) is 7.23. The van der Waals surface area contributed by atoms with Crippen molar-refractivity contribution in [3.05, 3.63) is 34.3 Å². The van der Waals surface area contributed by atoms with Gasteiger partial charge in [-0.2, -0.15) is 0 Å². The summed E-state index contributed by atoms with van der Waals surface area (Å²) in [6.45, 7) is 11.5. The van der Waals surface area contributed by atoms with E-state index in [0.717, 1.165) is 31.3 Å². The van der Waals surface area contributed by atoms with Crippen LogP contribution in [0.1, 0.15) is 46.1 Å². The molecule has 1 rings (SSSR count). The molecule has 0 spiro atoms. The van der Waals surface area contributed by atoms with E-state index in [1.54, 1.807) is 0 Å². The lowest BCUT2D eigenvalue weighted by molar-refractivity contribution is 0.313. The maximum atomic E-state index is 3.68.